The van der Waals surface area contributed by atoms with Gasteiger partial charge in [-0.3, -0.25) is 0 Å². The Bertz CT molecular complexity index is 989. The minimum Gasteiger partial charge on any atom is -0.384 e. The Morgan fingerprint density at radius 3 is 2.29 bits per heavy atom. The monoisotopic (exact) mass is 373 g/mol. The fourth-order valence-corrected chi connectivity index (χ4v) is 5.24. The lowest BCUT2D eigenvalue weighted by atomic mass is 9.76. The molecule has 0 spiro atoms. The van der Waals surface area contributed by atoms with E-state index in [1.807, 2.05) is 0 Å². The molecule has 2 bridgehead atoms. The van der Waals surface area contributed by atoms with Gasteiger partial charge in [-0.05, 0) is 50.5 Å². The highest BCUT2D eigenvalue weighted by Gasteiger charge is 2.51. The Labute approximate surface area is 166 Å². The summed E-state index contributed by atoms with van der Waals surface area (Å²) in [5.41, 5.74) is 6.84. The normalized spacial score (nSPS) is 26.5. The zero-order chi connectivity index (χ0) is 19.3. The van der Waals surface area contributed by atoms with E-state index in [0.29, 0.717) is 11.8 Å². The molecule has 3 aromatic rings. The van der Waals surface area contributed by atoms with Crippen molar-refractivity contribution in [2.45, 2.75) is 32.3 Å². The average Bonchev–Trinajstić information content (AvgIpc) is 3.09. The number of hydrogen-bond donors (Lipinski definition) is 3. The van der Waals surface area contributed by atoms with Crippen LogP contribution in [-0.2, 0) is 5.60 Å². The molecule has 28 heavy (non-hydrogen) atoms. The van der Waals surface area contributed by atoms with Gasteiger partial charge in [0.25, 0.3) is 0 Å². The Morgan fingerprint density at radius 1 is 0.964 bits per heavy atom. The summed E-state index contributed by atoms with van der Waals surface area (Å²) in [6.07, 6.45) is 2.21. The molecule has 0 amide bonds. The van der Waals surface area contributed by atoms with Crippen LogP contribution in [0.15, 0.2) is 48.5 Å². The van der Waals surface area contributed by atoms with Gasteiger partial charge in [-0.25, -0.2) is 4.98 Å². The fourth-order valence-electron chi connectivity index (χ4n) is 5.24. The van der Waals surface area contributed by atoms with Crippen LogP contribution in [0.5, 0.6) is 0 Å². The quantitative estimate of drug-likeness (QED) is 0.645. The van der Waals surface area contributed by atoms with Gasteiger partial charge in [0.15, 0.2) is 0 Å². The molecular weight excluding hydrogens is 346 g/mol. The molecule has 2 atom stereocenters. The van der Waals surface area contributed by atoms with Crippen LogP contribution in [0.3, 0.4) is 0 Å². The fraction of sp³-hybridized carbons (Fsp3) is 0.375. The molecule has 1 saturated carbocycles. The number of aromatic nitrogens is 2. The lowest BCUT2D eigenvalue weighted by molar-refractivity contribution is -0.0576. The van der Waals surface area contributed by atoms with Crippen LogP contribution in [0, 0.1) is 25.7 Å². The number of nitrogens with one attached hydrogen (secondary N) is 2. The molecule has 2 fully saturated rings. The predicted octanol–water partition coefficient (Wildman–Crippen LogP) is 4.18. The van der Waals surface area contributed by atoms with Crippen LogP contribution >= 0.6 is 0 Å². The second-order valence-corrected chi connectivity index (χ2v) is 8.43. The molecule has 3 N–H and O–H groups in total. The number of fused-ring (bicyclic) bond motifs is 2. The van der Waals surface area contributed by atoms with Crippen LogP contribution < -0.4 is 5.32 Å². The molecule has 1 aliphatic heterocycles. The van der Waals surface area contributed by atoms with Crippen LogP contribution in [0.25, 0.3) is 22.5 Å². The third-order valence-electron chi connectivity index (χ3n) is 6.71. The van der Waals surface area contributed by atoms with Gasteiger partial charge in [-0.1, -0.05) is 30.3 Å². The van der Waals surface area contributed by atoms with E-state index in [1.54, 1.807) is 0 Å². The molecule has 1 aromatic carbocycles. The molecule has 4 nitrogen and oxygen atoms in total. The first-order chi connectivity index (χ1) is 13.6. The molecular formula is C24H27N3O. The Morgan fingerprint density at radius 2 is 1.64 bits per heavy atom. The number of aliphatic hydroxyl groups is 1. The van der Waals surface area contributed by atoms with Crippen molar-refractivity contribution in [1.82, 2.24) is 15.3 Å². The van der Waals surface area contributed by atoms with E-state index in [4.69, 9.17) is 4.98 Å². The number of aryl methyl sites for hydroxylation is 2. The molecule has 144 valence electrons. The second-order valence-electron chi connectivity index (χ2n) is 8.43. The van der Waals surface area contributed by atoms with Crippen molar-refractivity contribution < 1.29 is 5.11 Å². The highest BCUT2D eigenvalue weighted by molar-refractivity contribution is 5.68. The summed E-state index contributed by atoms with van der Waals surface area (Å²) >= 11 is 0. The number of benzene rings is 1. The standard InChI is InChI=1S/C24H27N3O/c1-15-12-21(16(2)26-15)23-5-3-4-22(27-23)17-6-8-18(9-7-17)24(28)19-10-11-20(24)14-25-13-19/h3-9,12,19-20,25-26,28H,10-11,13-14H2,1-2H3. The van der Waals surface area contributed by atoms with E-state index in [0.717, 1.165) is 65.4 Å². The third-order valence-corrected chi connectivity index (χ3v) is 6.71. The van der Waals surface area contributed by atoms with Crippen molar-refractivity contribution in [3.8, 4) is 22.5 Å². The number of hydrogen-bond acceptors (Lipinski definition) is 3. The lowest BCUT2D eigenvalue weighted by Crippen LogP contribution is -2.49. The molecule has 2 unspecified atom stereocenters. The topological polar surface area (TPSA) is 60.9 Å². The number of rotatable bonds is 3. The number of H-pyrrole nitrogens is 1. The highest BCUT2D eigenvalue weighted by atomic mass is 16.3. The SMILES string of the molecule is Cc1cc(-c2cccc(-c3ccc(C4(O)C5CCC4CNC5)cc3)n2)c(C)[nH]1. The summed E-state index contributed by atoms with van der Waals surface area (Å²) in [4.78, 5) is 8.25. The van der Waals surface area contributed by atoms with Crippen LogP contribution in [0.1, 0.15) is 29.8 Å². The molecule has 2 aromatic heterocycles. The maximum absolute atomic E-state index is 11.5. The molecule has 5 rings (SSSR count). The predicted molar refractivity (Wildman–Crippen MR) is 112 cm³/mol. The zero-order valence-electron chi connectivity index (χ0n) is 16.5. The first-order valence-corrected chi connectivity index (χ1v) is 10.2. The summed E-state index contributed by atoms with van der Waals surface area (Å²) in [6, 6.07) is 16.7. The van der Waals surface area contributed by atoms with Gasteiger partial charge < -0.3 is 15.4 Å². The van der Waals surface area contributed by atoms with Crippen LogP contribution in [-0.4, -0.2) is 28.2 Å². The van der Waals surface area contributed by atoms with Crippen LogP contribution in [0.4, 0.5) is 0 Å². The zero-order valence-corrected chi connectivity index (χ0v) is 16.5. The lowest BCUT2D eigenvalue weighted by Gasteiger charge is -2.40. The van der Waals surface area contributed by atoms with Gasteiger partial charge >= 0.3 is 0 Å². The summed E-state index contributed by atoms with van der Waals surface area (Å²) in [7, 11) is 0. The van der Waals surface area contributed by atoms with Crippen molar-refractivity contribution in [2.75, 3.05) is 13.1 Å². The first-order valence-electron chi connectivity index (χ1n) is 10.2. The maximum atomic E-state index is 11.5. The third kappa shape index (κ3) is 2.71. The highest BCUT2D eigenvalue weighted by Crippen LogP contribution is 2.49. The summed E-state index contributed by atoms with van der Waals surface area (Å²) < 4.78 is 0. The Hall–Kier alpha value is -2.43. The number of piperidine rings is 1. The van der Waals surface area contributed by atoms with Crippen molar-refractivity contribution in [1.29, 1.82) is 0 Å². The first kappa shape index (κ1) is 17.7. The minimum absolute atomic E-state index is 0.318. The van der Waals surface area contributed by atoms with Gasteiger partial charge in [-0.15, -0.1) is 0 Å². The van der Waals surface area contributed by atoms with Gasteiger partial charge in [-0.2, -0.15) is 0 Å². The maximum Gasteiger partial charge on any atom is 0.0976 e. The summed E-state index contributed by atoms with van der Waals surface area (Å²) in [6.45, 7) is 5.97. The van der Waals surface area contributed by atoms with E-state index in [1.165, 1.54) is 0 Å². The number of aromatic amines is 1. The van der Waals surface area contributed by atoms with Crippen molar-refractivity contribution in [2.24, 2.45) is 11.8 Å². The largest absolute Gasteiger partial charge is 0.384 e. The van der Waals surface area contributed by atoms with Gasteiger partial charge in [0.05, 0.1) is 17.0 Å². The number of nitrogens with zero attached hydrogens (tertiary/aromatic N) is 1. The smallest absolute Gasteiger partial charge is 0.0976 e. The molecule has 0 radical (unpaired) electrons. The van der Waals surface area contributed by atoms with Crippen molar-refractivity contribution >= 4 is 0 Å². The van der Waals surface area contributed by atoms with E-state index >= 15 is 0 Å². The van der Waals surface area contributed by atoms with E-state index in [2.05, 4.69) is 72.7 Å². The van der Waals surface area contributed by atoms with Crippen molar-refractivity contribution in [3.63, 3.8) is 0 Å². The van der Waals surface area contributed by atoms with E-state index in [9.17, 15) is 5.11 Å². The molecule has 4 heteroatoms. The summed E-state index contributed by atoms with van der Waals surface area (Å²) in [5.74, 6) is 0.636. The minimum atomic E-state index is -0.682. The Kier molecular flexibility index (Phi) is 4.14. The van der Waals surface area contributed by atoms with Crippen LogP contribution in [0.2, 0.25) is 0 Å². The summed E-state index contributed by atoms with van der Waals surface area (Å²) in [5, 5.41) is 14.9. The van der Waals surface area contributed by atoms with Gasteiger partial charge in [0.1, 0.15) is 0 Å². The Balaban J connectivity index is 1.47. The van der Waals surface area contributed by atoms with E-state index in [-0.39, 0.29) is 0 Å². The van der Waals surface area contributed by atoms with Gasteiger partial charge in [0.2, 0.25) is 0 Å². The second kappa shape index (κ2) is 6.57. The molecule has 2 aliphatic rings. The molecule has 1 saturated heterocycles. The van der Waals surface area contributed by atoms with Gasteiger partial charge in [0, 0.05) is 47.4 Å². The van der Waals surface area contributed by atoms with Crippen molar-refractivity contribution in [3.05, 3.63) is 65.5 Å². The molecule has 3 heterocycles. The molecule has 1 aliphatic carbocycles. The van der Waals surface area contributed by atoms with E-state index < -0.39 is 5.60 Å². The number of pyridine rings is 1. The average molecular weight is 374 g/mol.